The van der Waals surface area contributed by atoms with E-state index in [0.29, 0.717) is 60.1 Å². The van der Waals surface area contributed by atoms with Gasteiger partial charge in [-0.1, -0.05) is 0 Å². The van der Waals surface area contributed by atoms with E-state index in [9.17, 15) is 13.2 Å². The van der Waals surface area contributed by atoms with Gasteiger partial charge in [0.1, 0.15) is 23.0 Å². The van der Waals surface area contributed by atoms with Crippen LogP contribution >= 0.6 is 0 Å². The summed E-state index contributed by atoms with van der Waals surface area (Å²) in [4.78, 5) is 15.4. The summed E-state index contributed by atoms with van der Waals surface area (Å²) < 4.78 is 49.0. The van der Waals surface area contributed by atoms with E-state index in [0.717, 1.165) is 0 Å². The van der Waals surface area contributed by atoms with Crippen LogP contribution in [0.5, 0.6) is 0 Å². The van der Waals surface area contributed by atoms with Gasteiger partial charge in [0.2, 0.25) is 5.95 Å². The third kappa shape index (κ3) is 3.84. The van der Waals surface area contributed by atoms with Gasteiger partial charge in [-0.25, -0.2) is 27.7 Å². The van der Waals surface area contributed by atoms with Crippen molar-refractivity contribution in [3.63, 3.8) is 0 Å². The molecule has 2 saturated heterocycles. The minimum Gasteiger partial charge on any atom is -0.382 e. The number of nitrogen functional groups attached to an aromatic ring is 1. The zero-order valence-electron chi connectivity index (χ0n) is 18.9. The maximum atomic E-state index is 14.6. The first kappa shape index (κ1) is 22.0. The molecule has 0 aliphatic carbocycles. The van der Waals surface area contributed by atoms with E-state index in [-0.39, 0.29) is 17.8 Å². The number of hydrogen-bond donors (Lipinski definition) is 2. The fraction of sp³-hybridized carbons (Fsp3) is 0.455. The fourth-order valence-corrected chi connectivity index (χ4v) is 4.77. The van der Waals surface area contributed by atoms with Gasteiger partial charge in [-0.3, -0.25) is 4.90 Å². The van der Waals surface area contributed by atoms with Gasteiger partial charge in [0, 0.05) is 24.8 Å². The molecule has 0 bridgehead atoms. The standard InChI is InChI=1S/C22H24F3N9O/c1-11-27-16-3-2-15(28-21(16)33(11)8-18(24)25)13-4-5-34-19(13)20(26)30-22(31-34)29-17-7-32(6-14(17)23)12-9-35-10-12/h2-5,12,14,17-18H,6-10H2,1H3,(H3,26,29,30,31)/t14-,17+/m0/s1. The smallest absolute Gasteiger partial charge is 0.256 e. The molecule has 0 radical (unpaired) electrons. The average molecular weight is 487 g/mol. The SMILES string of the molecule is Cc1nc2ccc(-c3ccn4nc(N[C@@H]5CN(C6COC6)C[C@@H]5F)nc(N)c34)nc2n1CC(F)F. The predicted molar refractivity (Wildman–Crippen MR) is 123 cm³/mol. The van der Waals surface area contributed by atoms with Crippen LogP contribution in [0, 0.1) is 6.92 Å². The molecular weight excluding hydrogens is 463 g/mol. The minimum absolute atomic E-state index is 0.194. The van der Waals surface area contributed by atoms with Gasteiger partial charge >= 0.3 is 0 Å². The Labute approximate surface area is 197 Å². The van der Waals surface area contributed by atoms with Crippen molar-refractivity contribution in [2.45, 2.75) is 38.1 Å². The summed E-state index contributed by atoms with van der Waals surface area (Å²) in [7, 11) is 0. The number of imidazole rings is 1. The van der Waals surface area contributed by atoms with Gasteiger partial charge in [-0.05, 0) is 25.1 Å². The molecule has 2 aliphatic heterocycles. The van der Waals surface area contributed by atoms with Gasteiger partial charge in [0.15, 0.2) is 11.5 Å². The number of aromatic nitrogens is 6. The zero-order chi connectivity index (χ0) is 24.3. The number of aryl methyl sites for hydroxylation is 1. The van der Waals surface area contributed by atoms with Crippen LogP contribution in [0.15, 0.2) is 24.4 Å². The molecule has 0 amide bonds. The van der Waals surface area contributed by atoms with Gasteiger partial charge in [-0.15, -0.1) is 5.10 Å². The molecule has 184 valence electrons. The first-order chi connectivity index (χ1) is 16.9. The second kappa shape index (κ2) is 8.34. The fourth-order valence-electron chi connectivity index (χ4n) is 4.77. The second-order valence-electron chi connectivity index (χ2n) is 8.96. The van der Waals surface area contributed by atoms with Crippen molar-refractivity contribution >= 4 is 28.4 Å². The monoisotopic (exact) mass is 487 g/mol. The van der Waals surface area contributed by atoms with Crippen molar-refractivity contribution in [1.82, 2.24) is 34.0 Å². The minimum atomic E-state index is -2.53. The number of halogens is 3. The quantitative estimate of drug-likeness (QED) is 0.426. The van der Waals surface area contributed by atoms with E-state index in [1.54, 1.807) is 35.8 Å². The highest BCUT2D eigenvalue weighted by atomic mass is 19.3. The topological polar surface area (TPSA) is 111 Å². The Balaban J connectivity index is 1.30. The number of nitrogens with zero attached hydrogens (tertiary/aromatic N) is 7. The summed E-state index contributed by atoms with van der Waals surface area (Å²) in [5, 5.41) is 7.55. The predicted octanol–water partition coefficient (Wildman–Crippen LogP) is 2.13. The Morgan fingerprint density at radius 2 is 2.00 bits per heavy atom. The first-order valence-corrected chi connectivity index (χ1v) is 11.4. The summed E-state index contributed by atoms with van der Waals surface area (Å²) in [6.07, 6.45) is -1.88. The van der Waals surface area contributed by atoms with E-state index < -0.39 is 25.2 Å². The Bertz CT molecular complexity index is 1400. The van der Waals surface area contributed by atoms with Gasteiger partial charge in [-0.2, -0.15) is 4.98 Å². The molecule has 6 heterocycles. The molecule has 35 heavy (non-hydrogen) atoms. The summed E-state index contributed by atoms with van der Waals surface area (Å²) >= 11 is 0. The van der Waals surface area contributed by atoms with Gasteiger partial charge < -0.3 is 20.4 Å². The number of likely N-dealkylation sites (tertiary alicyclic amines) is 1. The van der Waals surface area contributed by atoms with E-state index >= 15 is 0 Å². The van der Waals surface area contributed by atoms with E-state index in [1.807, 2.05) is 0 Å². The average Bonchev–Trinajstić information content (AvgIpc) is 3.43. The molecule has 0 unspecified atom stereocenters. The Morgan fingerprint density at radius 3 is 2.74 bits per heavy atom. The Morgan fingerprint density at radius 1 is 1.17 bits per heavy atom. The van der Waals surface area contributed by atoms with Crippen molar-refractivity contribution in [2.75, 3.05) is 37.4 Å². The van der Waals surface area contributed by atoms with Crippen molar-refractivity contribution in [1.29, 1.82) is 0 Å². The molecule has 2 aliphatic rings. The largest absolute Gasteiger partial charge is 0.382 e. The van der Waals surface area contributed by atoms with E-state index in [4.69, 9.17) is 10.5 Å². The maximum Gasteiger partial charge on any atom is 0.256 e. The molecule has 13 heteroatoms. The second-order valence-corrected chi connectivity index (χ2v) is 8.96. The normalized spacial score (nSPS) is 21.4. The number of ether oxygens (including phenoxy) is 1. The summed E-state index contributed by atoms with van der Waals surface area (Å²) in [6.45, 7) is 3.31. The Hall–Kier alpha value is -3.45. The molecule has 0 aromatic carbocycles. The lowest BCUT2D eigenvalue weighted by Gasteiger charge is -2.34. The van der Waals surface area contributed by atoms with Crippen LogP contribution in [-0.2, 0) is 11.3 Å². The van der Waals surface area contributed by atoms with E-state index in [1.165, 1.54) is 4.57 Å². The summed E-state index contributed by atoms with van der Waals surface area (Å²) in [5.74, 6) is 0.886. The summed E-state index contributed by atoms with van der Waals surface area (Å²) in [6, 6.07) is 5.08. The number of nitrogens with one attached hydrogen (secondary N) is 1. The van der Waals surface area contributed by atoms with Crippen LogP contribution in [0.3, 0.4) is 0 Å². The van der Waals surface area contributed by atoms with Crippen molar-refractivity contribution < 1.29 is 17.9 Å². The highest BCUT2D eigenvalue weighted by Crippen LogP contribution is 2.30. The third-order valence-electron chi connectivity index (χ3n) is 6.65. The lowest BCUT2D eigenvalue weighted by Crippen LogP contribution is -2.48. The van der Waals surface area contributed by atoms with E-state index in [2.05, 4.69) is 30.3 Å². The summed E-state index contributed by atoms with van der Waals surface area (Å²) in [5.41, 5.74) is 8.90. The van der Waals surface area contributed by atoms with Crippen LogP contribution in [0.1, 0.15) is 5.82 Å². The van der Waals surface area contributed by atoms with Crippen molar-refractivity contribution in [3.05, 3.63) is 30.2 Å². The number of rotatable bonds is 6. The number of alkyl halides is 3. The maximum absolute atomic E-state index is 14.6. The molecular formula is C22H24F3N9O. The molecule has 10 nitrogen and oxygen atoms in total. The van der Waals surface area contributed by atoms with Crippen molar-refractivity contribution in [3.8, 4) is 11.3 Å². The first-order valence-electron chi connectivity index (χ1n) is 11.4. The number of fused-ring (bicyclic) bond motifs is 2. The highest BCUT2D eigenvalue weighted by molar-refractivity contribution is 5.88. The number of nitrogens with two attached hydrogens (primary N) is 1. The highest BCUT2D eigenvalue weighted by Gasteiger charge is 2.39. The molecule has 0 saturated carbocycles. The van der Waals surface area contributed by atoms with Gasteiger partial charge in [0.25, 0.3) is 6.43 Å². The molecule has 6 rings (SSSR count). The lowest BCUT2D eigenvalue weighted by atomic mass is 10.2. The van der Waals surface area contributed by atoms with Gasteiger partial charge in [0.05, 0.1) is 37.5 Å². The van der Waals surface area contributed by atoms with Crippen molar-refractivity contribution in [2.24, 2.45) is 0 Å². The zero-order valence-corrected chi connectivity index (χ0v) is 18.9. The number of anilines is 2. The molecule has 4 aromatic heterocycles. The van der Waals surface area contributed by atoms with Crippen LogP contribution in [0.25, 0.3) is 27.9 Å². The van der Waals surface area contributed by atoms with Crippen LogP contribution < -0.4 is 11.1 Å². The van der Waals surface area contributed by atoms with Crippen LogP contribution in [-0.4, -0.2) is 85.0 Å². The van der Waals surface area contributed by atoms with Crippen LogP contribution in [0.4, 0.5) is 24.9 Å². The molecule has 0 spiro atoms. The Kier molecular flexibility index (Phi) is 5.25. The lowest BCUT2D eigenvalue weighted by molar-refractivity contribution is -0.0585. The third-order valence-corrected chi connectivity index (χ3v) is 6.65. The molecule has 3 N–H and O–H groups in total. The number of hydrogen-bond acceptors (Lipinski definition) is 8. The van der Waals surface area contributed by atoms with Crippen LogP contribution in [0.2, 0.25) is 0 Å². The number of pyridine rings is 1. The molecule has 2 fully saturated rings. The molecule has 2 atom stereocenters. The molecule has 4 aromatic rings.